The van der Waals surface area contributed by atoms with E-state index in [4.69, 9.17) is 4.74 Å². The second-order valence-electron chi connectivity index (χ2n) is 5.40. The molecular weight excluding hydrogens is 406 g/mol. The Kier molecular flexibility index (Phi) is 6.93. The number of benzene rings is 2. The first-order chi connectivity index (χ1) is 10.6. The monoisotopic (exact) mass is 425 g/mol. The van der Waals surface area contributed by atoms with Gasteiger partial charge in [0, 0.05) is 12.6 Å². The van der Waals surface area contributed by atoms with E-state index >= 15 is 0 Å². The molecule has 22 heavy (non-hydrogen) atoms. The topological polar surface area (TPSA) is 21.3 Å². The zero-order valence-electron chi connectivity index (χ0n) is 12.9. The Bertz CT molecular complexity index is 578. The molecule has 2 aromatic carbocycles. The number of halogens is 2. The van der Waals surface area contributed by atoms with E-state index in [-0.39, 0.29) is 0 Å². The molecule has 1 atom stereocenters. The van der Waals surface area contributed by atoms with Crippen LogP contribution < -0.4 is 10.1 Å². The molecule has 0 fully saturated rings. The Labute approximate surface area is 149 Å². The summed E-state index contributed by atoms with van der Waals surface area (Å²) in [6, 6.07) is 15.3. The fourth-order valence-electron chi connectivity index (χ4n) is 2.33. The summed E-state index contributed by atoms with van der Waals surface area (Å²) in [5.41, 5.74) is 2.62. The summed E-state index contributed by atoms with van der Waals surface area (Å²) in [6.45, 7) is 3.08. The molecule has 0 saturated heterocycles. The molecule has 0 spiro atoms. The summed E-state index contributed by atoms with van der Waals surface area (Å²) in [6.07, 6.45) is 2.23. The van der Waals surface area contributed by atoms with Crippen molar-refractivity contribution in [2.24, 2.45) is 0 Å². The highest BCUT2D eigenvalue weighted by Gasteiger charge is 2.09. The lowest BCUT2D eigenvalue weighted by Gasteiger charge is -2.15. The smallest absolute Gasteiger partial charge is 0.147 e. The number of aryl methyl sites for hydroxylation is 1. The number of hydrogen-bond acceptors (Lipinski definition) is 2. The number of rotatable bonds is 7. The minimum absolute atomic E-state index is 0.472. The Morgan fingerprint density at radius 1 is 1.05 bits per heavy atom. The largest absolute Gasteiger partial charge is 0.494 e. The van der Waals surface area contributed by atoms with E-state index in [9.17, 15) is 0 Å². The SMILES string of the molecule is COc1c(Br)cc(CNC(C)CCc2ccccc2)cc1Br. The van der Waals surface area contributed by atoms with Crippen molar-refractivity contribution in [2.75, 3.05) is 7.11 Å². The quantitative estimate of drug-likeness (QED) is 0.645. The van der Waals surface area contributed by atoms with Gasteiger partial charge in [-0.1, -0.05) is 30.3 Å². The molecule has 2 nitrogen and oxygen atoms in total. The van der Waals surface area contributed by atoms with Gasteiger partial charge < -0.3 is 10.1 Å². The number of nitrogens with one attached hydrogen (secondary N) is 1. The molecule has 118 valence electrons. The molecule has 2 aromatic rings. The van der Waals surface area contributed by atoms with Crippen LogP contribution in [0, 0.1) is 0 Å². The maximum atomic E-state index is 5.33. The number of ether oxygens (including phenoxy) is 1. The third-order valence-electron chi connectivity index (χ3n) is 3.63. The van der Waals surface area contributed by atoms with E-state index in [1.54, 1.807) is 7.11 Å². The minimum Gasteiger partial charge on any atom is -0.494 e. The summed E-state index contributed by atoms with van der Waals surface area (Å²) in [5.74, 6) is 0.834. The summed E-state index contributed by atoms with van der Waals surface area (Å²) in [7, 11) is 1.68. The Hall–Kier alpha value is -0.840. The number of methoxy groups -OCH3 is 1. The van der Waals surface area contributed by atoms with Crippen LogP contribution in [-0.4, -0.2) is 13.2 Å². The maximum absolute atomic E-state index is 5.33. The fraction of sp³-hybridized carbons (Fsp3) is 0.333. The molecule has 0 aromatic heterocycles. The molecule has 0 radical (unpaired) electrons. The first-order valence-corrected chi connectivity index (χ1v) is 8.98. The molecule has 0 aliphatic heterocycles. The Morgan fingerprint density at radius 3 is 2.27 bits per heavy atom. The van der Waals surface area contributed by atoms with Gasteiger partial charge in [-0.15, -0.1) is 0 Å². The van der Waals surface area contributed by atoms with Crippen LogP contribution in [0.5, 0.6) is 5.75 Å². The van der Waals surface area contributed by atoms with Crippen LogP contribution >= 0.6 is 31.9 Å². The van der Waals surface area contributed by atoms with Crippen LogP contribution in [0.3, 0.4) is 0 Å². The highest BCUT2D eigenvalue weighted by molar-refractivity contribution is 9.11. The zero-order chi connectivity index (χ0) is 15.9. The average molecular weight is 427 g/mol. The van der Waals surface area contributed by atoms with E-state index in [1.165, 1.54) is 11.1 Å². The molecule has 1 N–H and O–H groups in total. The van der Waals surface area contributed by atoms with Crippen molar-refractivity contribution >= 4 is 31.9 Å². The third-order valence-corrected chi connectivity index (χ3v) is 4.80. The van der Waals surface area contributed by atoms with E-state index < -0.39 is 0 Å². The predicted molar refractivity (Wildman–Crippen MR) is 99.5 cm³/mol. The van der Waals surface area contributed by atoms with Crippen molar-refractivity contribution in [3.8, 4) is 5.75 Å². The second kappa shape index (κ2) is 8.70. The zero-order valence-corrected chi connectivity index (χ0v) is 16.1. The van der Waals surface area contributed by atoms with Crippen molar-refractivity contribution in [3.63, 3.8) is 0 Å². The molecule has 2 rings (SSSR count). The molecule has 0 saturated carbocycles. The molecule has 0 bridgehead atoms. The Morgan fingerprint density at radius 2 is 1.68 bits per heavy atom. The van der Waals surface area contributed by atoms with Gasteiger partial charge in [0.1, 0.15) is 5.75 Å². The second-order valence-corrected chi connectivity index (χ2v) is 7.11. The van der Waals surface area contributed by atoms with Crippen molar-refractivity contribution in [2.45, 2.75) is 32.4 Å². The molecule has 1 unspecified atom stereocenters. The first-order valence-electron chi connectivity index (χ1n) is 7.39. The summed E-state index contributed by atoms with van der Waals surface area (Å²) in [5, 5.41) is 3.58. The third kappa shape index (κ3) is 5.11. The molecule has 0 aliphatic carbocycles. The van der Waals surface area contributed by atoms with Gasteiger partial charge in [0.15, 0.2) is 0 Å². The van der Waals surface area contributed by atoms with Gasteiger partial charge in [0.05, 0.1) is 16.1 Å². The van der Waals surface area contributed by atoms with Crippen molar-refractivity contribution in [3.05, 3.63) is 62.5 Å². The number of hydrogen-bond donors (Lipinski definition) is 1. The average Bonchev–Trinajstić information content (AvgIpc) is 2.52. The van der Waals surface area contributed by atoms with E-state index in [0.717, 1.165) is 34.1 Å². The maximum Gasteiger partial charge on any atom is 0.147 e. The molecule has 0 heterocycles. The minimum atomic E-state index is 0.472. The molecular formula is C18H21Br2NO. The van der Waals surface area contributed by atoms with E-state index in [2.05, 4.69) is 86.6 Å². The molecule has 0 aliphatic rings. The lowest BCUT2D eigenvalue weighted by Crippen LogP contribution is -2.26. The Balaban J connectivity index is 1.85. The van der Waals surface area contributed by atoms with Crippen LogP contribution in [0.25, 0.3) is 0 Å². The molecule has 4 heteroatoms. The molecule has 0 amide bonds. The lowest BCUT2D eigenvalue weighted by molar-refractivity contribution is 0.409. The van der Waals surface area contributed by atoms with Crippen molar-refractivity contribution in [1.29, 1.82) is 0 Å². The standard InChI is InChI=1S/C18H21Br2NO/c1-13(8-9-14-6-4-3-5-7-14)21-12-15-10-16(19)18(22-2)17(20)11-15/h3-7,10-11,13,21H,8-9,12H2,1-2H3. The van der Waals surface area contributed by atoms with Gasteiger partial charge >= 0.3 is 0 Å². The van der Waals surface area contributed by atoms with Gasteiger partial charge in [0.2, 0.25) is 0 Å². The van der Waals surface area contributed by atoms with Gasteiger partial charge in [0.25, 0.3) is 0 Å². The van der Waals surface area contributed by atoms with E-state index in [0.29, 0.717) is 6.04 Å². The van der Waals surface area contributed by atoms with E-state index in [1.807, 2.05) is 0 Å². The van der Waals surface area contributed by atoms with Crippen LogP contribution in [0.1, 0.15) is 24.5 Å². The summed E-state index contributed by atoms with van der Waals surface area (Å²) < 4.78 is 7.27. The summed E-state index contributed by atoms with van der Waals surface area (Å²) in [4.78, 5) is 0. The van der Waals surface area contributed by atoms with Gasteiger partial charge in [-0.3, -0.25) is 0 Å². The highest BCUT2D eigenvalue weighted by Crippen LogP contribution is 2.34. The van der Waals surface area contributed by atoms with Crippen molar-refractivity contribution in [1.82, 2.24) is 5.32 Å². The highest BCUT2D eigenvalue weighted by atomic mass is 79.9. The fourth-order valence-corrected chi connectivity index (χ4v) is 3.94. The van der Waals surface area contributed by atoms with Crippen LogP contribution in [0.4, 0.5) is 0 Å². The van der Waals surface area contributed by atoms with Crippen LogP contribution in [0.2, 0.25) is 0 Å². The van der Waals surface area contributed by atoms with Crippen molar-refractivity contribution < 1.29 is 4.74 Å². The van der Waals surface area contributed by atoms with Crippen LogP contribution in [-0.2, 0) is 13.0 Å². The summed E-state index contributed by atoms with van der Waals surface area (Å²) >= 11 is 7.09. The lowest BCUT2D eigenvalue weighted by atomic mass is 10.1. The van der Waals surface area contributed by atoms with Gasteiger partial charge in [-0.25, -0.2) is 0 Å². The van der Waals surface area contributed by atoms with Crippen LogP contribution in [0.15, 0.2) is 51.4 Å². The first kappa shape index (κ1) is 17.5. The predicted octanol–water partition coefficient (Wildman–Crippen LogP) is 5.33. The van der Waals surface area contributed by atoms with Gasteiger partial charge in [-0.2, -0.15) is 0 Å². The van der Waals surface area contributed by atoms with Gasteiger partial charge in [-0.05, 0) is 74.9 Å². The normalized spacial score (nSPS) is 12.2.